The Morgan fingerprint density at radius 1 is 1.03 bits per heavy atom. The van der Waals surface area contributed by atoms with Gasteiger partial charge in [-0.05, 0) is 48.0 Å². The minimum atomic E-state index is -0.899. The summed E-state index contributed by atoms with van der Waals surface area (Å²) in [4.78, 5) is 47.1. The maximum atomic E-state index is 12.2. The molecule has 2 aromatic rings. The third kappa shape index (κ3) is 5.35. The number of amides is 5. The quantitative estimate of drug-likeness (QED) is 0.426. The largest absolute Gasteiger partial charge is 0.497 e. The monoisotopic (exact) mass is 459 g/mol. The molecule has 0 spiro atoms. The van der Waals surface area contributed by atoms with Crippen molar-refractivity contribution in [3.8, 4) is 17.2 Å². The van der Waals surface area contributed by atoms with Gasteiger partial charge in [0.15, 0.2) is 18.1 Å². The summed E-state index contributed by atoms with van der Waals surface area (Å²) in [7, 11) is 2.91. The van der Waals surface area contributed by atoms with Gasteiger partial charge in [0.05, 0.1) is 19.2 Å². The topological polar surface area (TPSA) is 132 Å². The molecular weight excluding hydrogens is 442 g/mol. The predicted molar refractivity (Wildman–Crippen MR) is 115 cm³/mol. The molecular formula is C21H18ClN3O7. The third-order valence-corrected chi connectivity index (χ3v) is 4.51. The normalized spacial score (nSPS) is 13.1. The molecule has 0 bridgehead atoms. The average Bonchev–Trinajstić information content (AvgIpc) is 2.75. The predicted octanol–water partition coefficient (Wildman–Crippen LogP) is 2.12. The van der Waals surface area contributed by atoms with Crippen molar-refractivity contribution in [2.75, 3.05) is 26.1 Å². The van der Waals surface area contributed by atoms with Gasteiger partial charge in [-0.2, -0.15) is 0 Å². The zero-order valence-electron chi connectivity index (χ0n) is 17.0. The number of barbiturate groups is 1. The molecule has 0 aliphatic carbocycles. The summed E-state index contributed by atoms with van der Waals surface area (Å²) in [6, 6.07) is 8.75. The van der Waals surface area contributed by atoms with Gasteiger partial charge in [-0.3, -0.25) is 25.0 Å². The van der Waals surface area contributed by atoms with Gasteiger partial charge in [-0.15, -0.1) is 0 Å². The molecule has 0 aromatic heterocycles. The fourth-order valence-corrected chi connectivity index (χ4v) is 3.02. The SMILES string of the molecule is COc1ccc(NC(=O)COc2c(Cl)cc(C=C3C(=O)NC(=O)NC3=O)cc2OC)cc1. The fraction of sp³-hybridized carbons (Fsp3) is 0.143. The van der Waals surface area contributed by atoms with Crippen LogP contribution in [0.15, 0.2) is 42.0 Å². The molecule has 1 aliphatic heterocycles. The minimum absolute atomic E-state index is 0.0844. The van der Waals surface area contributed by atoms with E-state index in [0.717, 1.165) is 0 Å². The number of hydrogen-bond acceptors (Lipinski definition) is 7. The van der Waals surface area contributed by atoms with Crippen LogP contribution in [-0.4, -0.2) is 44.6 Å². The van der Waals surface area contributed by atoms with Crippen LogP contribution in [0.4, 0.5) is 10.5 Å². The van der Waals surface area contributed by atoms with E-state index in [1.165, 1.54) is 25.3 Å². The number of halogens is 1. The first-order valence-electron chi connectivity index (χ1n) is 9.13. The number of nitrogens with one attached hydrogen (secondary N) is 3. The van der Waals surface area contributed by atoms with Crippen molar-refractivity contribution in [3.63, 3.8) is 0 Å². The first kappa shape index (κ1) is 22.6. The van der Waals surface area contributed by atoms with E-state index in [1.807, 2.05) is 10.6 Å². The summed E-state index contributed by atoms with van der Waals surface area (Å²) in [5.41, 5.74) is 0.619. The number of ether oxygens (including phenoxy) is 3. The zero-order valence-corrected chi connectivity index (χ0v) is 17.7. The van der Waals surface area contributed by atoms with Crippen LogP contribution >= 0.6 is 11.6 Å². The lowest BCUT2D eigenvalue weighted by Crippen LogP contribution is -2.51. The average molecular weight is 460 g/mol. The summed E-state index contributed by atoms with van der Waals surface area (Å²) in [5, 5.41) is 6.70. The summed E-state index contributed by atoms with van der Waals surface area (Å²) >= 11 is 6.27. The Kier molecular flexibility index (Phi) is 6.96. The van der Waals surface area contributed by atoms with Crippen molar-refractivity contribution in [1.29, 1.82) is 0 Å². The highest BCUT2D eigenvalue weighted by molar-refractivity contribution is 6.33. The number of methoxy groups -OCH3 is 2. The van der Waals surface area contributed by atoms with Gasteiger partial charge in [0.25, 0.3) is 17.7 Å². The number of urea groups is 1. The highest BCUT2D eigenvalue weighted by atomic mass is 35.5. The molecule has 1 heterocycles. The molecule has 2 aromatic carbocycles. The molecule has 5 amide bonds. The lowest BCUT2D eigenvalue weighted by Gasteiger charge is -2.15. The maximum Gasteiger partial charge on any atom is 0.328 e. The van der Waals surface area contributed by atoms with Crippen LogP contribution in [0.1, 0.15) is 5.56 Å². The fourth-order valence-electron chi connectivity index (χ4n) is 2.75. The summed E-state index contributed by atoms with van der Waals surface area (Å²) in [6.45, 7) is -0.352. The number of imide groups is 2. The van der Waals surface area contributed by atoms with E-state index < -0.39 is 23.8 Å². The smallest absolute Gasteiger partial charge is 0.328 e. The van der Waals surface area contributed by atoms with Gasteiger partial charge in [0, 0.05) is 5.69 Å². The van der Waals surface area contributed by atoms with E-state index in [1.54, 1.807) is 31.4 Å². The Morgan fingerprint density at radius 3 is 2.28 bits per heavy atom. The number of rotatable bonds is 7. The van der Waals surface area contributed by atoms with Gasteiger partial charge >= 0.3 is 6.03 Å². The third-order valence-electron chi connectivity index (χ3n) is 4.23. The highest BCUT2D eigenvalue weighted by Crippen LogP contribution is 2.37. The molecule has 11 heteroatoms. The summed E-state index contributed by atoms with van der Waals surface area (Å²) in [5.74, 6) is -1.18. The van der Waals surface area contributed by atoms with Gasteiger partial charge < -0.3 is 19.5 Å². The Hall–Kier alpha value is -4.05. The molecule has 0 saturated carbocycles. The van der Waals surface area contributed by atoms with Crippen LogP contribution in [0.25, 0.3) is 6.08 Å². The molecule has 1 aliphatic rings. The number of anilines is 1. The molecule has 32 heavy (non-hydrogen) atoms. The first-order chi connectivity index (χ1) is 15.3. The van der Waals surface area contributed by atoms with Crippen LogP contribution in [0.3, 0.4) is 0 Å². The molecule has 10 nitrogen and oxygen atoms in total. The second-order valence-electron chi connectivity index (χ2n) is 6.39. The van der Waals surface area contributed by atoms with Crippen molar-refractivity contribution >= 4 is 47.1 Å². The molecule has 0 unspecified atom stereocenters. The molecule has 3 N–H and O–H groups in total. The number of carbonyl (C=O) groups is 4. The van der Waals surface area contributed by atoms with Crippen LogP contribution in [0.2, 0.25) is 5.02 Å². The lowest BCUT2D eigenvalue weighted by molar-refractivity contribution is -0.124. The molecule has 0 atom stereocenters. The van der Waals surface area contributed by atoms with Crippen molar-refractivity contribution in [2.45, 2.75) is 0 Å². The highest BCUT2D eigenvalue weighted by Gasteiger charge is 2.28. The zero-order chi connectivity index (χ0) is 23.3. The Bertz CT molecular complexity index is 1090. The summed E-state index contributed by atoms with van der Waals surface area (Å²) < 4.78 is 15.8. The van der Waals surface area contributed by atoms with E-state index in [0.29, 0.717) is 17.0 Å². The molecule has 166 valence electrons. The molecule has 0 radical (unpaired) electrons. The van der Waals surface area contributed by atoms with Crippen molar-refractivity contribution in [1.82, 2.24) is 10.6 Å². The van der Waals surface area contributed by atoms with Crippen LogP contribution in [-0.2, 0) is 14.4 Å². The second kappa shape index (κ2) is 9.84. The van der Waals surface area contributed by atoms with E-state index in [9.17, 15) is 19.2 Å². The Morgan fingerprint density at radius 2 is 1.69 bits per heavy atom. The first-order valence-corrected chi connectivity index (χ1v) is 9.51. The maximum absolute atomic E-state index is 12.2. The van der Waals surface area contributed by atoms with Crippen LogP contribution in [0.5, 0.6) is 17.2 Å². The standard InChI is InChI=1S/C21H18ClN3O7/c1-30-13-5-3-12(4-6-13)23-17(26)10-32-18-15(22)8-11(9-16(18)31-2)7-14-19(27)24-21(29)25-20(14)28/h3-9H,10H2,1-2H3,(H,23,26)(H2,24,25,27,28,29). The van der Waals surface area contributed by atoms with E-state index in [2.05, 4.69) is 5.32 Å². The number of carbonyl (C=O) groups excluding carboxylic acids is 4. The van der Waals surface area contributed by atoms with Crippen molar-refractivity contribution < 1.29 is 33.4 Å². The Balaban J connectivity index is 1.73. The van der Waals surface area contributed by atoms with E-state index >= 15 is 0 Å². The second-order valence-corrected chi connectivity index (χ2v) is 6.80. The number of benzene rings is 2. The number of hydrogen-bond donors (Lipinski definition) is 3. The van der Waals surface area contributed by atoms with Gasteiger partial charge in [0.2, 0.25) is 0 Å². The van der Waals surface area contributed by atoms with Gasteiger partial charge in [-0.1, -0.05) is 11.6 Å². The van der Waals surface area contributed by atoms with E-state index in [-0.39, 0.29) is 28.7 Å². The van der Waals surface area contributed by atoms with Crippen molar-refractivity contribution in [3.05, 3.63) is 52.6 Å². The molecule has 1 saturated heterocycles. The molecule has 3 rings (SSSR count). The molecule has 1 fully saturated rings. The van der Waals surface area contributed by atoms with Crippen molar-refractivity contribution in [2.24, 2.45) is 0 Å². The van der Waals surface area contributed by atoms with Crippen LogP contribution < -0.4 is 30.2 Å². The lowest BCUT2D eigenvalue weighted by atomic mass is 10.1. The Labute approximate surface area is 187 Å². The van der Waals surface area contributed by atoms with Gasteiger partial charge in [-0.25, -0.2) is 4.79 Å². The summed E-state index contributed by atoms with van der Waals surface area (Å²) in [6.07, 6.45) is 1.24. The van der Waals surface area contributed by atoms with E-state index in [4.69, 9.17) is 25.8 Å². The minimum Gasteiger partial charge on any atom is -0.497 e. The van der Waals surface area contributed by atoms with Gasteiger partial charge in [0.1, 0.15) is 11.3 Å². The van der Waals surface area contributed by atoms with Crippen LogP contribution in [0, 0.1) is 0 Å².